The SMILES string of the molecule is O=S(=O)(Oc1ccc(C2=C3CCCC[C@]34CCC[C@H]2C4)cc1)c1ccc(Br)cc1. The molecule has 0 unspecified atom stereocenters. The van der Waals surface area contributed by atoms with Crippen LogP contribution < -0.4 is 4.18 Å². The molecule has 2 fully saturated rings. The van der Waals surface area contributed by atoms with E-state index in [-0.39, 0.29) is 4.90 Å². The van der Waals surface area contributed by atoms with Crippen LogP contribution in [0, 0.1) is 11.3 Å². The predicted octanol–water partition coefficient (Wildman–Crippen LogP) is 6.73. The lowest BCUT2D eigenvalue weighted by Gasteiger charge is -2.39. The van der Waals surface area contributed by atoms with E-state index in [1.54, 1.807) is 47.5 Å². The Morgan fingerprint density at radius 3 is 2.41 bits per heavy atom. The summed E-state index contributed by atoms with van der Waals surface area (Å²) in [4.78, 5) is 0.156. The van der Waals surface area contributed by atoms with Gasteiger partial charge in [-0.3, -0.25) is 0 Å². The number of hydrogen-bond donors (Lipinski definition) is 0. The summed E-state index contributed by atoms with van der Waals surface area (Å²) in [5.41, 5.74) is 4.99. The Labute approximate surface area is 181 Å². The van der Waals surface area contributed by atoms with Gasteiger partial charge in [-0.05, 0) is 97.4 Å². The monoisotopic (exact) mass is 472 g/mol. The van der Waals surface area contributed by atoms with Gasteiger partial charge in [0.05, 0.1) is 0 Å². The van der Waals surface area contributed by atoms with Crippen molar-refractivity contribution >= 4 is 31.6 Å². The summed E-state index contributed by atoms with van der Waals surface area (Å²) < 4.78 is 31.3. The highest BCUT2D eigenvalue weighted by molar-refractivity contribution is 9.10. The Bertz CT molecular complexity index is 1050. The Hall–Kier alpha value is -1.59. The van der Waals surface area contributed by atoms with Crippen LogP contribution >= 0.6 is 15.9 Å². The molecule has 0 aliphatic heterocycles. The van der Waals surface area contributed by atoms with Crippen LogP contribution in [0.25, 0.3) is 5.57 Å². The number of hydrogen-bond acceptors (Lipinski definition) is 3. The first-order valence-corrected chi connectivity index (χ1v) is 12.7. The maximum atomic E-state index is 12.5. The minimum Gasteiger partial charge on any atom is -0.379 e. The van der Waals surface area contributed by atoms with Crippen molar-refractivity contribution in [1.29, 1.82) is 0 Å². The number of allylic oxidation sites excluding steroid dienone is 2. The van der Waals surface area contributed by atoms with E-state index >= 15 is 0 Å². The van der Waals surface area contributed by atoms with Crippen LogP contribution in [-0.4, -0.2) is 8.42 Å². The van der Waals surface area contributed by atoms with E-state index in [0.717, 1.165) is 4.47 Å². The van der Waals surface area contributed by atoms with E-state index in [4.69, 9.17) is 4.18 Å². The summed E-state index contributed by atoms with van der Waals surface area (Å²) in [6.07, 6.45) is 10.6. The molecule has 2 saturated carbocycles. The zero-order valence-corrected chi connectivity index (χ0v) is 18.8. The first-order chi connectivity index (χ1) is 14.0. The molecule has 2 aromatic carbocycles. The second kappa shape index (κ2) is 7.28. The molecule has 0 radical (unpaired) electrons. The van der Waals surface area contributed by atoms with Crippen molar-refractivity contribution in [2.24, 2.45) is 11.3 Å². The van der Waals surface area contributed by atoms with Gasteiger partial charge in [-0.25, -0.2) is 0 Å². The van der Waals surface area contributed by atoms with Crippen LogP contribution in [0.15, 0.2) is 63.5 Å². The van der Waals surface area contributed by atoms with Crippen molar-refractivity contribution < 1.29 is 12.6 Å². The highest BCUT2D eigenvalue weighted by atomic mass is 79.9. The molecule has 152 valence electrons. The van der Waals surface area contributed by atoms with Gasteiger partial charge >= 0.3 is 10.1 Å². The fraction of sp³-hybridized carbons (Fsp3) is 0.417. The maximum Gasteiger partial charge on any atom is 0.339 e. The molecular weight excluding hydrogens is 448 g/mol. The number of rotatable bonds is 4. The lowest BCUT2D eigenvalue weighted by molar-refractivity contribution is 0.190. The van der Waals surface area contributed by atoms with Crippen LogP contribution in [0.3, 0.4) is 0 Å². The molecule has 0 N–H and O–H groups in total. The van der Waals surface area contributed by atoms with E-state index in [9.17, 15) is 8.42 Å². The fourth-order valence-corrected chi connectivity index (χ4v) is 7.03. The van der Waals surface area contributed by atoms with Gasteiger partial charge < -0.3 is 4.18 Å². The van der Waals surface area contributed by atoms with Crippen molar-refractivity contribution in [2.45, 2.75) is 56.3 Å². The molecule has 3 aliphatic carbocycles. The molecule has 2 aromatic rings. The average Bonchev–Trinajstić information content (AvgIpc) is 2.94. The molecule has 1 spiro atoms. The molecular formula is C24H25BrO3S. The van der Waals surface area contributed by atoms with E-state index in [1.165, 1.54) is 56.9 Å². The molecule has 29 heavy (non-hydrogen) atoms. The molecule has 3 aliphatic rings. The highest BCUT2D eigenvalue weighted by Crippen LogP contribution is 2.62. The minimum atomic E-state index is -3.83. The predicted molar refractivity (Wildman–Crippen MR) is 118 cm³/mol. The molecule has 0 amide bonds. The second-order valence-corrected chi connectivity index (χ2v) is 11.2. The van der Waals surface area contributed by atoms with E-state index < -0.39 is 10.1 Å². The third kappa shape index (κ3) is 3.46. The van der Waals surface area contributed by atoms with E-state index in [2.05, 4.69) is 28.1 Å². The lowest BCUT2D eigenvalue weighted by Crippen LogP contribution is -2.27. The molecule has 3 nitrogen and oxygen atoms in total. The first-order valence-electron chi connectivity index (χ1n) is 10.5. The molecule has 2 bridgehead atoms. The Balaban J connectivity index is 1.42. The van der Waals surface area contributed by atoms with Gasteiger partial charge in [0.25, 0.3) is 0 Å². The largest absolute Gasteiger partial charge is 0.379 e. The van der Waals surface area contributed by atoms with Crippen LogP contribution in [0.4, 0.5) is 0 Å². The summed E-state index contributed by atoms with van der Waals surface area (Å²) >= 11 is 3.32. The van der Waals surface area contributed by atoms with Crippen LogP contribution in [0.1, 0.15) is 56.9 Å². The van der Waals surface area contributed by atoms with Gasteiger partial charge in [0, 0.05) is 4.47 Å². The van der Waals surface area contributed by atoms with Gasteiger partial charge in [-0.2, -0.15) is 8.42 Å². The summed E-state index contributed by atoms with van der Waals surface area (Å²) in [6, 6.07) is 14.2. The smallest absolute Gasteiger partial charge is 0.339 e. The summed E-state index contributed by atoms with van der Waals surface area (Å²) in [5.74, 6) is 1.04. The number of fused-ring (bicyclic) bond motifs is 1. The van der Waals surface area contributed by atoms with Crippen LogP contribution in [-0.2, 0) is 10.1 Å². The normalized spacial score (nSPS) is 26.3. The quantitative estimate of drug-likeness (QED) is 0.462. The van der Waals surface area contributed by atoms with Gasteiger partial charge in [0.1, 0.15) is 10.6 Å². The first kappa shape index (κ1) is 19.4. The van der Waals surface area contributed by atoms with Crippen molar-refractivity contribution in [3.8, 4) is 5.75 Å². The third-order valence-electron chi connectivity index (χ3n) is 7.02. The van der Waals surface area contributed by atoms with Gasteiger partial charge in [0.2, 0.25) is 0 Å². The van der Waals surface area contributed by atoms with Gasteiger partial charge in [-0.1, -0.05) is 46.5 Å². The summed E-state index contributed by atoms with van der Waals surface area (Å²) in [7, 11) is -3.83. The molecule has 0 heterocycles. The van der Waals surface area contributed by atoms with Gasteiger partial charge in [-0.15, -0.1) is 0 Å². The summed E-state index contributed by atoms with van der Waals surface area (Å²) in [5, 5.41) is 0. The van der Waals surface area contributed by atoms with Crippen molar-refractivity contribution in [3.05, 3.63) is 64.1 Å². The third-order valence-corrected chi connectivity index (χ3v) is 8.81. The molecule has 0 saturated heterocycles. The Kier molecular flexibility index (Phi) is 4.86. The fourth-order valence-electron chi connectivity index (χ4n) is 5.83. The van der Waals surface area contributed by atoms with E-state index in [0.29, 0.717) is 17.1 Å². The number of benzene rings is 2. The highest BCUT2D eigenvalue weighted by Gasteiger charge is 2.48. The van der Waals surface area contributed by atoms with Crippen LogP contribution in [0.2, 0.25) is 0 Å². The average molecular weight is 473 g/mol. The standard InChI is InChI=1S/C24H25BrO3S/c25-19-8-12-21(13-9-19)29(26,27)28-20-10-6-17(7-11-20)23-18-4-3-15-24(16-18)14-2-1-5-22(23)24/h6-13,18H,1-5,14-16H2/t18-,24+/m0/s1. The van der Waals surface area contributed by atoms with Crippen LogP contribution in [0.5, 0.6) is 5.75 Å². The second-order valence-electron chi connectivity index (χ2n) is 8.69. The lowest BCUT2D eigenvalue weighted by atomic mass is 9.65. The molecule has 5 rings (SSSR count). The molecule has 0 aromatic heterocycles. The minimum absolute atomic E-state index is 0.156. The van der Waals surface area contributed by atoms with Crippen molar-refractivity contribution in [2.75, 3.05) is 0 Å². The zero-order valence-electron chi connectivity index (χ0n) is 16.4. The van der Waals surface area contributed by atoms with E-state index in [1.807, 2.05) is 0 Å². The van der Waals surface area contributed by atoms with Crippen molar-refractivity contribution in [1.82, 2.24) is 0 Å². The molecule has 2 atom stereocenters. The maximum absolute atomic E-state index is 12.5. The van der Waals surface area contributed by atoms with Crippen molar-refractivity contribution in [3.63, 3.8) is 0 Å². The number of halogens is 1. The van der Waals surface area contributed by atoms with Gasteiger partial charge in [0.15, 0.2) is 0 Å². The topological polar surface area (TPSA) is 43.4 Å². The Morgan fingerprint density at radius 1 is 0.931 bits per heavy atom. The summed E-state index contributed by atoms with van der Waals surface area (Å²) in [6.45, 7) is 0. The zero-order chi connectivity index (χ0) is 20.1. The Morgan fingerprint density at radius 2 is 1.66 bits per heavy atom. The molecule has 5 heteroatoms.